The van der Waals surface area contributed by atoms with E-state index in [4.69, 9.17) is 4.74 Å². The van der Waals surface area contributed by atoms with Crippen molar-refractivity contribution in [2.24, 2.45) is 0 Å². The van der Waals surface area contributed by atoms with Gasteiger partial charge in [0.1, 0.15) is 5.75 Å². The van der Waals surface area contributed by atoms with Gasteiger partial charge in [-0.15, -0.1) is 0 Å². The summed E-state index contributed by atoms with van der Waals surface area (Å²) in [6.07, 6.45) is -4.64. The number of H-pyrrole nitrogens is 2. The molecule has 22 heavy (non-hydrogen) atoms. The molecule has 2 aromatic heterocycles. The summed E-state index contributed by atoms with van der Waals surface area (Å²) in [6, 6.07) is 2.21. The Morgan fingerprint density at radius 2 is 1.77 bits per heavy atom. The van der Waals surface area contributed by atoms with Crippen LogP contribution in [0.15, 0.2) is 16.9 Å². The van der Waals surface area contributed by atoms with E-state index in [1.54, 1.807) is 13.0 Å². The predicted octanol–water partition coefficient (Wildman–Crippen LogP) is 3.65. The minimum Gasteiger partial charge on any atom is -0.495 e. The zero-order valence-corrected chi connectivity index (χ0v) is 12.1. The molecule has 0 aliphatic rings. The van der Waals surface area contributed by atoms with E-state index in [1.165, 1.54) is 7.11 Å². The third-order valence-corrected chi connectivity index (χ3v) is 3.89. The number of aromatic amines is 2. The Balaban J connectivity index is 2.67. The van der Waals surface area contributed by atoms with Crippen LogP contribution in [0.4, 0.5) is 13.2 Å². The van der Waals surface area contributed by atoms with E-state index in [2.05, 4.69) is 9.97 Å². The largest absolute Gasteiger partial charge is 0.495 e. The lowest BCUT2D eigenvalue weighted by Crippen LogP contribution is -2.14. The maximum absolute atomic E-state index is 13.4. The monoisotopic (exact) mass is 310 g/mol. The highest BCUT2D eigenvalue weighted by Gasteiger charge is 2.35. The number of fused-ring (bicyclic) bond motifs is 3. The van der Waals surface area contributed by atoms with E-state index in [-0.39, 0.29) is 16.7 Å². The number of aryl methyl sites for hydroxylation is 2. The van der Waals surface area contributed by atoms with Crippen LogP contribution in [0.5, 0.6) is 5.75 Å². The van der Waals surface area contributed by atoms with Gasteiger partial charge < -0.3 is 14.7 Å². The van der Waals surface area contributed by atoms with Crippen LogP contribution in [0.25, 0.3) is 21.8 Å². The molecule has 3 rings (SSSR count). The Hall–Kier alpha value is -2.44. The first kappa shape index (κ1) is 14.5. The highest BCUT2D eigenvalue weighted by atomic mass is 19.4. The number of hydrogen-bond donors (Lipinski definition) is 2. The van der Waals surface area contributed by atoms with Crippen molar-refractivity contribution in [3.8, 4) is 5.75 Å². The Bertz CT molecular complexity index is 951. The Morgan fingerprint density at radius 1 is 1.09 bits per heavy atom. The summed E-state index contributed by atoms with van der Waals surface area (Å²) in [5.74, 6) is 0.202. The summed E-state index contributed by atoms with van der Waals surface area (Å²) >= 11 is 0. The third-order valence-electron chi connectivity index (χ3n) is 3.89. The van der Waals surface area contributed by atoms with Gasteiger partial charge in [-0.1, -0.05) is 0 Å². The van der Waals surface area contributed by atoms with E-state index in [0.29, 0.717) is 17.0 Å². The SMILES string of the molecule is COc1cc2c(C)c(C)[nH]c2c2c(C(F)(F)F)cc(=O)[nH]c12. The summed E-state index contributed by atoms with van der Waals surface area (Å²) in [6.45, 7) is 3.60. The second-order valence-corrected chi connectivity index (χ2v) is 5.17. The number of ether oxygens (including phenoxy) is 1. The molecule has 0 fully saturated rings. The molecule has 0 unspecified atom stereocenters. The van der Waals surface area contributed by atoms with E-state index >= 15 is 0 Å². The number of hydrogen-bond acceptors (Lipinski definition) is 2. The molecule has 2 N–H and O–H groups in total. The highest BCUT2D eigenvalue weighted by Crippen LogP contribution is 2.40. The summed E-state index contributed by atoms with van der Waals surface area (Å²) < 4.78 is 45.3. The van der Waals surface area contributed by atoms with Gasteiger partial charge in [0, 0.05) is 22.5 Å². The standard InChI is InChI=1S/C15H13F3N2O2/c1-6-7(2)19-13-8(6)4-10(22-3)14-12(13)9(15(16,17)18)5-11(21)20-14/h4-5,19H,1-3H3,(H,20,21). The van der Waals surface area contributed by atoms with Crippen molar-refractivity contribution in [2.45, 2.75) is 20.0 Å². The predicted molar refractivity (Wildman–Crippen MR) is 77.5 cm³/mol. The molecular formula is C15H13F3N2O2. The lowest BCUT2D eigenvalue weighted by Gasteiger charge is -2.13. The van der Waals surface area contributed by atoms with E-state index in [9.17, 15) is 18.0 Å². The first-order valence-corrected chi connectivity index (χ1v) is 6.54. The van der Waals surface area contributed by atoms with Gasteiger partial charge in [0.25, 0.3) is 0 Å². The average molecular weight is 310 g/mol. The van der Waals surface area contributed by atoms with Crippen LogP contribution in [0.2, 0.25) is 0 Å². The molecule has 7 heteroatoms. The molecular weight excluding hydrogens is 297 g/mol. The van der Waals surface area contributed by atoms with Gasteiger partial charge in [-0.3, -0.25) is 4.79 Å². The molecule has 0 radical (unpaired) electrons. The summed E-state index contributed by atoms with van der Waals surface area (Å²) in [4.78, 5) is 17.0. The molecule has 0 amide bonds. The van der Waals surface area contributed by atoms with Crippen molar-refractivity contribution in [1.29, 1.82) is 0 Å². The van der Waals surface area contributed by atoms with Gasteiger partial charge in [0.2, 0.25) is 5.56 Å². The summed E-state index contributed by atoms with van der Waals surface area (Å²) in [7, 11) is 1.36. The fourth-order valence-electron chi connectivity index (χ4n) is 2.71. The van der Waals surface area contributed by atoms with Crippen molar-refractivity contribution in [3.63, 3.8) is 0 Å². The number of alkyl halides is 3. The molecule has 0 atom stereocenters. The molecule has 0 aliphatic carbocycles. The lowest BCUT2D eigenvalue weighted by molar-refractivity contribution is -0.136. The van der Waals surface area contributed by atoms with E-state index < -0.39 is 17.3 Å². The number of rotatable bonds is 1. The Labute approximate surface area is 122 Å². The van der Waals surface area contributed by atoms with Crippen LogP contribution in [0, 0.1) is 13.8 Å². The zero-order valence-electron chi connectivity index (χ0n) is 12.1. The summed E-state index contributed by atoms with van der Waals surface area (Å²) in [5, 5.41) is 0.553. The number of aromatic nitrogens is 2. The van der Waals surface area contributed by atoms with Crippen molar-refractivity contribution in [1.82, 2.24) is 9.97 Å². The maximum Gasteiger partial charge on any atom is 0.417 e. The van der Waals surface area contributed by atoms with Crippen molar-refractivity contribution < 1.29 is 17.9 Å². The molecule has 0 saturated heterocycles. The fourth-order valence-corrected chi connectivity index (χ4v) is 2.71. The van der Waals surface area contributed by atoms with Gasteiger partial charge >= 0.3 is 6.18 Å². The van der Waals surface area contributed by atoms with Gasteiger partial charge in [0.15, 0.2) is 0 Å². The molecule has 0 saturated carbocycles. The number of nitrogens with one attached hydrogen (secondary N) is 2. The number of methoxy groups -OCH3 is 1. The molecule has 116 valence electrons. The molecule has 2 heterocycles. The van der Waals surface area contributed by atoms with Crippen molar-refractivity contribution >= 4 is 21.8 Å². The molecule has 0 bridgehead atoms. The molecule has 3 aromatic rings. The van der Waals surface area contributed by atoms with Crippen LogP contribution in [-0.4, -0.2) is 17.1 Å². The normalized spacial score (nSPS) is 12.3. The van der Waals surface area contributed by atoms with E-state index in [0.717, 1.165) is 11.3 Å². The van der Waals surface area contributed by atoms with Crippen molar-refractivity contribution in [3.05, 3.63) is 39.3 Å². The first-order chi connectivity index (χ1) is 10.2. The highest BCUT2D eigenvalue weighted by molar-refractivity contribution is 6.10. The number of pyridine rings is 1. The van der Waals surface area contributed by atoms with Crippen LogP contribution in [-0.2, 0) is 6.18 Å². The maximum atomic E-state index is 13.4. The minimum atomic E-state index is -4.64. The molecule has 4 nitrogen and oxygen atoms in total. The molecule has 0 aliphatic heterocycles. The van der Waals surface area contributed by atoms with Crippen LogP contribution in [0.3, 0.4) is 0 Å². The average Bonchev–Trinajstić information content (AvgIpc) is 2.71. The van der Waals surface area contributed by atoms with Gasteiger partial charge in [0.05, 0.1) is 23.7 Å². The second kappa shape index (κ2) is 4.53. The lowest BCUT2D eigenvalue weighted by atomic mass is 10.0. The first-order valence-electron chi connectivity index (χ1n) is 6.54. The Kier molecular flexibility index (Phi) is 2.98. The van der Waals surface area contributed by atoms with Crippen LogP contribution < -0.4 is 10.3 Å². The molecule has 1 aromatic carbocycles. The van der Waals surface area contributed by atoms with Crippen molar-refractivity contribution in [2.75, 3.05) is 7.11 Å². The van der Waals surface area contributed by atoms with E-state index in [1.807, 2.05) is 6.92 Å². The van der Waals surface area contributed by atoms with Crippen LogP contribution in [0.1, 0.15) is 16.8 Å². The second-order valence-electron chi connectivity index (χ2n) is 5.17. The summed E-state index contributed by atoms with van der Waals surface area (Å²) in [5.41, 5.74) is 0.192. The van der Waals surface area contributed by atoms with Gasteiger partial charge in [-0.25, -0.2) is 0 Å². The Morgan fingerprint density at radius 3 is 2.36 bits per heavy atom. The fraction of sp³-hybridized carbons (Fsp3) is 0.267. The van der Waals surface area contributed by atoms with Gasteiger partial charge in [-0.05, 0) is 25.5 Å². The quantitative estimate of drug-likeness (QED) is 0.721. The zero-order chi connectivity index (χ0) is 16.2. The molecule has 0 spiro atoms. The smallest absolute Gasteiger partial charge is 0.417 e. The number of benzene rings is 1. The van der Waals surface area contributed by atoms with Gasteiger partial charge in [-0.2, -0.15) is 13.2 Å². The third kappa shape index (κ3) is 1.96. The minimum absolute atomic E-state index is 0.0380. The van der Waals surface area contributed by atoms with Crippen LogP contribution >= 0.6 is 0 Å². The topological polar surface area (TPSA) is 57.9 Å². The number of halogens is 3.